The molecule has 0 unspecified atom stereocenters. The van der Waals surface area contributed by atoms with E-state index in [-0.39, 0.29) is 0 Å². The Morgan fingerprint density at radius 1 is 0.333 bits per heavy atom. The molecule has 0 radical (unpaired) electrons. The van der Waals surface area contributed by atoms with Gasteiger partial charge in [-0.1, -0.05) is 127 Å². The minimum Gasteiger partial charge on any atom is -0.456 e. The highest BCUT2D eigenvalue weighted by Crippen LogP contribution is 2.43. The van der Waals surface area contributed by atoms with E-state index in [1.54, 1.807) is 0 Å². The second kappa shape index (κ2) is 13.3. The van der Waals surface area contributed by atoms with E-state index in [9.17, 15) is 5.26 Å². The SMILES string of the molecule is N#Cc1ccc(-c2cccc(-c3ccc4c5ccc(-c6nc(-c7ccccc7)nc(-c7ccc8c(c7)oc7ccccc78)n6)cc5c5oc6ccccc6c5c4c3)c2)cc1. The molecule has 0 spiro atoms. The van der Waals surface area contributed by atoms with Gasteiger partial charge >= 0.3 is 0 Å². The van der Waals surface area contributed by atoms with Crippen LogP contribution >= 0.6 is 0 Å². The number of furan rings is 2. The van der Waals surface area contributed by atoms with E-state index in [0.717, 1.165) is 104 Å². The number of para-hydroxylation sites is 2. The summed E-state index contributed by atoms with van der Waals surface area (Å²) in [5.41, 5.74) is 10.9. The maximum absolute atomic E-state index is 9.31. The Balaban J connectivity index is 1.04. The Kier molecular flexibility index (Phi) is 7.50. The number of rotatable bonds is 5. The zero-order valence-corrected chi connectivity index (χ0v) is 31.9. The molecule has 12 aromatic rings. The minimum absolute atomic E-state index is 0.560. The summed E-state index contributed by atoms with van der Waals surface area (Å²) >= 11 is 0. The maximum Gasteiger partial charge on any atom is 0.164 e. The molecule has 9 aromatic carbocycles. The third kappa shape index (κ3) is 5.45. The smallest absolute Gasteiger partial charge is 0.164 e. The van der Waals surface area contributed by atoms with Crippen molar-refractivity contribution in [3.05, 3.63) is 188 Å². The van der Waals surface area contributed by atoms with Gasteiger partial charge in [0.05, 0.1) is 11.6 Å². The van der Waals surface area contributed by atoms with E-state index in [1.807, 2.05) is 91.0 Å². The number of hydrogen-bond acceptors (Lipinski definition) is 6. The number of nitriles is 1. The summed E-state index contributed by atoms with van der Waals surface area (Å²) < 4.78 is 13.0. The van der Waals surface area contributed by atoms with E-state index in [0.29, 0.717) is 23.0 Å². The Morgan fingerprint density at radius 2 is 0.850 bits per heavy atom. The van der Waals surface area contributed by atoms with E-state index in [1.165, 1.54) is 0 Å². The predicted molar refractivity (Wildman–Crippen MR) is 241 cm³/mol. The van der Waals surface area contributed by atoms with Crippen LogP contribution in [0.4, 0.5) is 0 Å². The van der Waals surface area contributed by atoms with Crippen molar-refractivity contribution in [2.24, 2.45) is 0 Å². The van der Waals surface area contributed by atoms with Crippen LogP contribution in [0.1, 0.15) is 5.56 Å². The molecular weight excluding hydrogens is 737 g/mol. The number of fused-ring (bicyclic) bond motifs is 11. The quantitative estimate of drug-likeness (QED) is 0.162. The lowest BCUT2D eigenvalue weighted by molar-refractivity contribution is 0.669. The molecule has 0 N–H and O–H groups in total. The Bertz CT molecular complexity index is 3730. The van der Waals surface area contributed by atoms with Crippen LogP contribution < -0.4 is 0 Å². The molecule has 0 aliphatic heterocycles. The van der Waals surface area contributed by atoms with Gasteiger partial charge in [0.1, 0.15) is 22.3 Å². The molecule has 0 saturated carbocycles. The molecule has 278 valence electrons. The molecule has 0 amide bonds. The highest BCUT2D eigenvalue weighted by atomic mass is 16.3. The van der Waals surface area contributed by atoms with Crippen LogP contribution in [0.5, 0.6) is 0 Å². The maximum atomic E-state index is 9.31. The van der Waals surface area contributed by atoms with Crippen LogP contribution in [0.3, 0.4) is 0 Å². The summed E-state index contributed by atoms with van der Waals surface area (Å²) in [7, 11) is 0. The molecule has 0 atom stereocenters. The van der Waals surface area contributed by atoms with Crippen LogP contribution in [0.15, 0.2) is 191 Å². The first-order valence-corrected chi connectivity index (χ1v) is 19.8. The van der Waals surface area contributed by atoms with Crippen molar-refractivity contribution in [2.75, 3.05) is 0 Å². The summed E-state index contributed by atoms with van der Waals surface area (Å²) in [6.07, 6.45) is 0. The summed E-state index contributed by atoms with van der Waals surface area (Å²) in [4.78, 5) is 15.2. The summed E-state index contributed by atoms with van der Waals surface area (Å²) in [6, 6.07) is 64.1. The Labute approximate surface area is 343 Å². The average Bonchev–Trinajstić information content (AvgIpc) is 3.90. The highest BCUT2D eigenvalue weighted by Gasteiger charge is 2.20. The summed E-state index contributed by atoms with van der Waals surface area (Å²) in [5.74, 6) is 1.71. The topological polar surface area (TPSA) is 88.7 Å². The van der Waals surface area contributed by atoms with Crippen molar-refractivity contribution in [2.45, 2.75) is 0 Å². The first-order chi connectivity index (χ1) is 29.6. The van der Waals surface area contributed by atoms with Gasteiger partial charge in [0.25, 0.3) is 0 Å². The molecule has 6 heteroatoms. The van der Waals surface area contributed by atoms with Gasteiger partial charge in [0.2, 0.25) is 0 Å². The fraction of sp³-hybridized carbons (Fsp3) is 0. The van der Waals surface area contributed by atoms with Gasteiger partial charge < -0.3 is 8.83 Å². The van der Waals surface area contributed by atoms with Gasteiger partial charge in [-0.15, -0.1) is 0 Å². The number of nitrogens with zero attached hydrogens (tertiary/aromatic N) is 4. The fourth-order valence-electron chi connectivity index (χ4n) is 8.61. The Hall–Kier alpha value is -8.40. The largest absolute Gasteiger partial charge is 0.456 e. The minimum atomic E-state index is 0.560. The molecular formula is C54H30N4O2. The molecule has 0 bridgehead atoms. The van der Waals surface area contributed by atoms with Gasteiger partial charge in [-0.25, -0.2) is 15.0 Å². The number of aromatic nitrogens is 3. The Morgan fingerprint density at radius 3 is 1.60 bits per heavy atom. The number of hydrogen-bond donors (Lipinski definition) is 0. The molecule has 60 heavy (non-hydrogen) atoms. The van der Waals surface area contributed by atoms with Crippen LogP contribution in [-0.2, 0) is 0 Å². The zero-order valence-electron chi connectivity index (χ0n) is 31.9. The molecule has 12 rings (SSSR count). The van der Waals surface area contributed by atoms with Gasteiger partial charge in [0, 0.05) is 43.6 Å². The lowest BCUT2D eigenvalue weighted by Crippen LogP contribution is -2.00. The molecule has 3 aromatic heterocycles. The van der Waals surface area contributed by atoms with Gasteiger partial charge in [0.15, 0.2) is 17.5 Å². The van der Waals surface area contributed by atoms with Crippen LogP contribution in [-0.4, -0.2) is 15.0 Å². The van der Waals surface area contributed by atoms with Crippen molar-refractivity contribution in [3.63, 3.8) is 0 Å². The molecule has 6 nitrogen and oxygen atoms in total. The first kappa shape index (κ1) is 33.7. The van der Waals surface area contributed by atoms with E-state index >= 15 is 0 Å². The van der Waals surface area contributed by atoms with Gasteiger partial charge in [-0.2, -0.15) is 5.26 Å². The molecule has 3 heterocycles. The van der Waals surface area contributed by atoms with Crippen molar-refractivity contribution in [1.29, 1.82) is 5.26 Å². The highest BCUT2D eigenvalue weighted by molar-refractivity contribution is 6.30. The van der Waals surface area contributed by atoms with E-state index in [2.05, 4.69) is 97.1 Å². The van der Waals surface area contributed by atoms with Crippen LogP contribution in [0.25, 0.3) is 122 Å². The first-order valence-electron chi connectivity index (χ1n) is 19.8. The standard InChI is InChI=1S/C54H30N4O2/c55-31-32-17-19-33(20-18-32)35-11-8-12-36(27-35)37-21-24-40-41-25-22-38(29-46(41)51-50(45(40)28-37)44-14-5-7-16-48(44)60-51)53-56-52(34-9-2-1-3-10-34)57-54(58-53)39-23-26-43-42-13-4-6-15-47(42)59-49(43)30-39/h1-30H. The third-order valence-electron chi connectivity index (χ3n) is 11.5. The third-order valence-corrected chi connectivity index (χ3v) is 11.5. The van der Waals surface area contributed by atoms with Gasteiger partial charge in [-0.3, -0.25) is 0 Å². The average molecular weight is 767 g/mol. The van der Waals surface area contributed by atoms with Crippen LogP contribution in [0, 0.1) is 11.3 Å². The van der Waals surface area contributed by atoms with E-state index < -0.39 is 0 Å². The molecule has 0 aliphatic carbocycles. The zero-order chi connectivity index (χ0) is 39.7. The van der Waals surface area contributed by atoms with E-state index in [4.69, 9.17) is 23.8 Å². The molecule has 0 saturated heterocycles. The summed E-state index contributed by atoms with van der Waals surface area (Å²) in [6.45, 7) is 0. The molecule has 0 aliphatic rings. The second-order valence-corrected chi connectivity index (χ2v) is 15.1. The van der Waals surface area contributed by atoms with Gasteiger partial charge in [-0.05, 0) is 93.0 Å². The monoisotopic (exact) mass is 766 g/mol. The van der Waals surface area contributed by atoms with Crippen LogP contribution in [0.2, 0.25) is 0 Å². The molecule has 0 fully saturated rings. The summed E-state index contributed by atoms with van der Waals surface area (Å²) in [5, 5.41) is 17.9. The normalized spacial score (nSPS) is 11.7. The van der Waals surface area contributed by atoms with Crippen molar-refractivity contribution < 1.29 is 8.83 Å². The fourth-order valence-corrected chi connectivity index (χ4v) is 8.61. The van der Waals surface area contributed by atoms with Crippen molar-refractivity contribution in [3.8, 4) is 62.5 Å². The lowest BCUT2D eigenvalue weighted by atomic mass is 9.92. The number of benzene rings is 9. The van der Waals surface area contributed by atoms with Crippen molar-refractivity contribution >= 4 is 65.4 Å². The predicted octanol–water partition coefficient (Wildman–Crippen LogP) is 14.2. The van der Waals surface area contributed by atoms with Crippen molar-refractivity contribution in [1.82, 2.24) is 15.0 Å². The second-order valence-electron chi connectivity index (χ2n) is 15.1. The lowest BCUT2D eigenvalue weighted by Gasteiger charge is -2.12.